The molecule has 4 heteroatoms. The molecule has 1 atom stereocenters. The molecule has 16 heavy (non-hydrogen) atoms. The van der Waals surface area contributed by atoms with E-state index in [1.165, 1.54) is 0 Å². The van der Waals surface area contributed by atoms with Crippen LogP contribution in [0, 0.1) is 0 Å². The summed E-state index contributed by atoms with van der Waals surface area (Å²) >= 11 is 0. The van der Waals surface area contributed by atoms with Crippen LogP contribution in [0.25, 0.3) is 0 Å². The van der Waals surface area contributed by atoms with Gasteiger partial charge in [0.2, 0.25) is 0 Å². The summed E-state index contributed by atoms with van der Waals surface area (Å²) in [6, 6.07) is 0. The number of hydrogen-bond acceptors (Lipinski definition) is 4. The summed E-state index contributed by atoms with van der Waals surface area (Å²) in [5.41, 5.74) is 0. The minimum Gasteiger partial charge on any atom is -0.382 e. The maximum atomic E-state index is 5.47. The molecule has 0 aromatic carbocycles. The molecule has 0 unspecified atom stereocenters. The highest BCUT2D eigenvalue weighted by Crippen LogP contribution is 2.01. The fourth-order valence-corrected chi connectivity index (χ4v) is 0.998. The zero-order valence-electron chi connectivity index (χ0n) is 10.0. The molecule has 0 rings (SSSR count). The molecule has 0 aromatic heterocycles. The quantitative estimate of drug-likeness (QED) is 0.291. The van der Waals surface area contributed by atoms with Crippen LogP contribution in [0.5, 0.6) is 0 Å². The number of ether oxygens (including phenoxy) is 4. The predicted octanol–water partition coefficient (Wildman–Crippen LogP) is 1.77. The van der Waals surface area contributed by atoms with Crippen LogP contribution in [0.3, 0.4) is 0 Å². The van der Waals surface area contributed by atoms with Crippen molar-refractivity contribution in [2.24, 2.45) is 0 Å². The van der Waals surface area contributed by atoms with E-state index in [1.54, 1.807) is 19.3 Å². The van der Waals surface area contributed by atoms with Crippen molar-refractivity contribution in [1.29, 1.82) is 0 Å². The van der Waals surface area contributed by atoms with E-state index in [2.05, 4.69) is 13.2 Å². The van der Waals surface area contributed by atoms with Crippen molar-refractivity contribution in [3.8, 4) is 0 Å². The SMILES string of the molecule is C=CCOC[C@@H](CC=C)OCOCCOC. The van der Waals surface area contributed by atoms with E-state index >= 15 is 0 Å². The molecular formula is C12H22O4. The average Bonchev–Trinajstić information content (AvgIpc) is 2.29. The Balaban J connectivity index is 3.50. The van der Waals surface area contributed by atoms with Crippen LogP contribution in [-0.4, -0.2) is 46.4 Å². The van der Waals surface area contributed by atoms with Gasteiger partial charge in [-0.05, 0) is 6.42 Å². The molecule has 0 aromatic rings. The first-order valence-corrected chi connectivity index (χ1v) is 5.33. The molecule has 0 bridgehead atoms. The fourth-order valence-electron chi connectivity index (χ4n) is 0.998. The number of methoxy groups -OCH3 is 1. The van der Waals surface area contributed by atoms with Crippen LogP contribution < -0.4 is 0 Å². The Morgan fingerprint density at radius 1 is 1.12 bits per heavy atom. The first-order chi connectivity index (χ1) is 7.85. The van der Waals surface area contributed by atoms with E-state index in [4.69, 9.17) is 18.9 Å². The van der Waals surface area contributed by atoms with Gasteiger partial charge >= 0.3 is 0 Å². The van der Waals surface area contributed by atoms with Gasteiger partial charge in [0.05, 0.1) is 32.5 Å². The van der Waals surface area contributed by atoms with Crippen LogP contribution in [0.4, 0.5) is 0 Å². The first-order valence-electron chi connectivity index (χ1n) is 5.33. The maximum Gasteiger partial charge on any atom is 0.147 e. The summed E-state index contributed by atoms with van der Waals surface area (Å²) in [6.07, 6.45) is 4.24. The van der Waals surface area contributed by atoms with Gasteiger partial charge in [-0.2, -0.15) is 0 Å². The fraction of sp³-hybridized carbons (Fsp3) is 0.667. The second-order valence-corrected chi connectivity index (χ2v) is 3.16. The lowest BCUT2D eigenvalue weighted by Gasteiger charge is -2.16. The van der Waals surface area contributed by atoms with Gasteiger partial charge < -0.3 is 18.9 Å². The summed E-state index contributed by atoms with van der Waals surface area (Å²) in [6.45, 7) is 9.65. The lowest BCUT2D eigenvalue weighted by Crippen LogP contribution is -2.21. The molecule has 94 valence electrons. The van der Waals surface area contributed by atoms with Crippen LogP contribution in [0.1, 0.15) is 6.42 Å². The van der Waals surface area contributed by atoms with Crippen LogP contribution in [0.15, 0.2) is 25.3 Å². The molecule has 0 fully saturated rings. The van der Waals surface area contributed by atoms with E-state index in [1.807, 2.05) is 0 Å². The molecule has 0 radical (unpaired) electrons. The summed E-state index contributed by atoms with van der Waals surface area (Å²) in [5.74, 6) is 0. The largest absolute Gasteiger partial charge is 0.382 e. The van der Waals surface area contributed by atoms with Crippen molar-refractivity contribution >= 4 is 0 Å². The molecular weight excluding hydrogens is 208 g/mol. The Labute approximate surface area is 97.8 Å². The summed E-state index contributed by atoms with van der Waals surface area (Å²) < 4.78 is 20.8. The van der Waals surface area contributed by atoms with E-state index in [0.29, 0.717) is 26.4 Å². The molecule has 0 aliphatic rings. The third-order valence-electron chi connectivity index (χ3n) is 1.79. The lowest BCUT2D eigenvalue weighted by molar-refractivity contribution is -0.113. The van der Waals surface area contributed by atoms with E-state index in [-0.39, 0.29) is 12.9 Å². The second-order valence-electron chi connectivity index (χ2n) is 3.16. The highest BCUT2D eigenvalue weighted by Gasteiger charge is 2.06. The van der Waals surface area contributed by atoms with Gasteiger partial charge in [-0.25, -0.2) is 0 Å². The summed E-state index contributed by atoms with van der Waals surface area (Å²) in [5, 5.41) is 0. The minimum absolute atomic E-state index is 0.0139. The monoisotopic (exact) mass is 230 g/mol. The Bertz CT molecular complexity index is 170. The maximum absolute atomic E-state index is 5.47. The van der Waals surface area contributed by atoms with Gasteiger partial charge in [-0.1, -0.05) is 12.2 Å². The molecule has 0 aliphatic carbocycles. The molecule has 0 saturated heterocycles. The molecule has 0 spiro atoms. The summed E-state index contributed by atoms with van der Waals surface area (Å²) in [7, 11) is 1.63. The Hall–Kier alpha value is -0.680. The Kier molecular flexibility index (Phi) is 11.9. The normalized spacial score (nSPS) is 12.3. The minimum atomic E-state index is -0.0139. The van der Waals surface area contributed by atoms with Crippen molar-refractivity contribution in [3.05, 3.63) is 25.3 Å². The molecule has 0 amide bonds. The van der Waals surface area contributed by atoms with Crippen molar-refractivity contribution in [2.45, 2.75) is 12.5 Å². The zero-order valence-corrected chi connectivity index (χ0v) is 10.0. The van der Waals surface area contributed by atoms with Crippen molar-refractivity contribution in [3.63, 3.8) is 0 Å². The van der Waals surface area contributed by atoms with Gasteiger partial charge in [-0.3, -0.25) is 0 Å². The average molecular weight is 230 g/mol. The van der Waals surface area contributed by atoms with Gasteiger partial charge in [0.1, 0.15) is 6.79 Å². The van der Waals surface area contributed by atoms with Crippen LogP contribution in [-0.2, 0) is 18.9 Å². The third kappa shape index (κ3) is 9.86. The van der Waals surface area contributed by atoms with Gasteiger partial charge in [-0.15, -0.1) is 13.2 Å². The first kappa shape index (κ1) is 15.3. The Morgan fingerprint density at radius 3 is 2.56 bits per heavy atom. The third-order valence-corrected chi connectivity index (χ3v) is 1.79. The number of rotatable bonds is 12. The zero-order chi connectivity index (χ0) is 12.1. The molecule has 0 aliphatic heterocycles. The van der Waals surface area contributed by atoms with E-state index in [9.17, 15) is 0 Å². The highest BCUT2D eigenvalue weighted by atomic mass is 16.7. The second kappa shape index (κ2) is 12.4. The van der Waals surface area contributed by atoms with Gasteiger partial charge in [0, 0.05) is 7.11 Å². The lowest BCUT2D eigenvalue weighted by atomic mass is 10.3. The van der Waals surface area contributed by atoms with Crippen molar-refractivity contribution < 1.29 is 18.9 Å². The molecule has 4 nitrogen and oxygen atoms in total. The van der Waals surface area contributed by atoms with E-state index in [0.717, 1.165) is 6.42 Å². The predicted molar refractivity (Wildman–Crippen MR) is 63.4 cm³/mol. The van der Waals surface area contributed by atoms with Crippen LogP contribution in [0.2, 0.25) is 0 Å². The van der Waals surface area contributed by atoms with E-state index < -0.39 is 0 Å². The van der Waals surface area contributed by atoms with Crippen LogP contribution >= 0.6 is 0 Å². The van der Waals surface area contributed by atoms with Gasteiger partial charge in [0.25, 0.3) is 0 Å². The Morgan fingerprint density at radius 2 is 1.94 bits per heavy atom. The van der Waals surface area contributed by atoms with Gasteiger partial charge in [0.15, 0.2) is 0 Å². The topological polar surface area (TPSA) is 36.9 Å². The highest BCUT2D eigenvalue weighted by molar-refractivity contribution is 4.73. The van der Waals surface area contributed by atoms with Crippen molar-refractivity contribution in [2.75, 3.05) is 40.3 Å². The smallest absolute Gasteiger partial charge is 0.147 e. The number of hydrogen-bond donors (Lipinski definition) is 0. The standard InChI is InChI=1S/C12H22O4/c1-4-6-12(10-14-7-5-2)16-11-15-9-8-13-3/h4-5,12H,1-2,6-11H2,3H3/t12-/m1/s1. The molecule has 0 heterocycles. The van der Waals surface area contributed by atoms with Crippen molar-refractivity contribution in [1.82, 2.24) is 0 Å². The summed E-state index contributed by atoms with van der Waals surface area (Å²) in [4.78, 5) is 0. The molecule has 0 N–H and O–H groups in total. The molecule has 0 saturated carbocycles.